The Bertz CT molecular complexity index is 4040. The Labute approximate surface area is 644 Å². The van der Waals surface area contributed by atoms with Crippen molar-refractivity contribution < 1.29 is 72.2 Å². The average molecular weight is 1570 g/mol. The Balaban J connectivity index is 1.42. The standard InChI is InChI=1S/C73H104N20O15S2/c1-6-40(4)61-72(108)90-55(36-94)63(99)82-35-58(96)83-48(23-14-15-26-74)64(100)89-54(32-57(75)95)68(104)88-52(30-42-33-80-46-21-12-10-19-44(42)46)67(103)86-50(25-28-109-5)66(102)85-49(24-16-27-79-73(77)78)65(101)87-53(31-43-34-81-47-22-13-11-20-45(43)47)70(106)92-60(39(2)3)71(107)91-56(62(76)98)37-110-38-59(97)84-51(69(105)93-61)29-41-17-8-7-9-18-41/h7-13,17-22,33-34,39-40,48-56,60-61,80-81,94H,6,14-16,23-32,35-38,74H2,1-5H3,(H2,75,95)(H2,76,98)(H,82,99)(H,83,96)(H,84,97)(H,85,102)(H,86,103)(H,87,101)(H,88,104)(H,89,100)(H,90,108)(H,91,107)(H,92,106)(H,93,105)(H4,77,78,79)/t40-,48-,49+,50-,51-,52-,53-,54-,55-,56-,60-,61-/m0/s1. The van der Waals surface area contributed by atoms with Gasteiger partial charge in [-0.25, -0.2) is 0 Å². The summed E-state index contributed by atoms with van der Waals surface area (Å²) >= 11 is 2.17. The van der Waals surface area contributed by atoms with Crippen LogP contribution in [0.15, 0.2) is 96.2 Å². The molecular weight excluding hydrogens is 1460 g/mol. The van der Waals surface area contributed by atoms with Gasteiger partial charge in [0.25, 0.3) is 0 Å². The summed E-state index contributed by atoms with van der Waals surface area (Å²) in [7, 11) is 0. The minimum atomic E-state index is -1.83. The summed E-state index contributed by atoms with van der Waals surface area (Å²) in [5, 5.41) is 43.1. The molecule has 0 unspecified atom stereocenters. The predicted octanol–water partition coefficient (Wildman–Crippen LogP) is -3.14. The molecule has 0 radical (unpaired) electrons. The first-order chi connectivity index (χ1) is 52.5. The highest BCUT2D eigenvalue weighted by molar-refractivity contribution is 8.00. The van der Waals surface area contributed by atoms with Gasteiger partial charge in [0.2, 0.25) is 82.7 Å². The van der Waals surface area contributed by atoms with Gasteiger partial charge in [-0.15, -0.1) is 11.8 Å². The van der Waals surface area contributed by atoms with E-state index in [0.717, 1.165) is 11.8 Å². The minimum absolute atomic E-state index is 0.0335. The molecule has 0 aliphatic carbocycles. The van der Waals surface area contributed by atoms with E-state index in [4.69, 9.17) is 28.7 Å². The van der Waals surface area contributed by atoms with E-state index in [1.165, 1.54) is 11.8 Å². The van der Waals surface area contributed by atoms with Gasteiger partial charge in [-0.3, -0.25) is 72.1 Å². The molecule has 1 saturated heterocycles. The fourth-order valence-corrected chi connectivity index (χ4v) is 13.4. The van der Waals surface area contributed by atoms with Crippen LogP contribution in [-0.2, 0) is 86.4 Å². The number of nitrogens with two attached hydrogens (primary N) is 5. The van der Waals surface area contributed by atoms with Crippen LogP contribution in [-0.4, -0.2) is 220 Å². The highest BCUT2D eigenvalue weighted by atomic mass is 32.2. The number of unbranched alkanes of at least 4 members (excludes halogenated alkanes) is 1. The van der Waals surface area contributed by atoms with E-state index in [9.17, 15) is 57.8 Å². The number of amides is 14. The van der Waals surface area contributed by atoms with Crippen LogP contribution < -0.4 is 92.5 Å². The average Bonchev–Trinajstić information content (AvgIpc) is 1.64. The number of hydrogen-bond donors (Lipinski definition) is 20. The zero-order chi connectivity index (χ0) is 80.6. The Morgan fingerprint density at radius 3 is 1.54 bits per heavy atom. The van der Waals surface area contributed by atoms with Gasteiger partial charge in [-0.2, -0.15) is 11.8 Å². The van der Waals surface area contributed by atoms with Crippen LogP contribution in [0.5, 0.6) is 0 Å². The summed E-state index contributed by atoms with van der Waals surface area (Å²) in [6, 6.07) is 5.97. The monoisotopic (exact) mass is 1560 g/mol. The summed E-state index contributed by atoms with van der Waals surface area (Å²) < 4.78 is 0. The molecule has 0 spiro atoms. The third-order valence-corrected chi connectivity index (χ3v) is 20.0. The van der Waals surface area contributed by atoms with Crippen molar-refractivity contribution in [3.63, 3.8) is 0 Å². The van der Waals surface area contributed by atoms with E-state index in [2.05, 4.69) is 78.8 Å². The lowest BCUT2D eigenvalue weighted by Gasteiger charge is -2.29. The number of fused-ring (bicyclic) bond motifs is 2. The maximum absolute atomic E-state index is 15.1. The van der Waals surface area contributed by atoms with E-state index in [-0.39, 0.29) is 88.3 Å². The summed E-state index contributed by atoms with van der Waals surface area (Å²) in [6.45, 7) is 4.85. The molecule has 37 heteroatoms. The number of aliphatic imine (C=N–C) groups is 1. The first-order valence-corrected chi connectivity index (χ1v) is 38.8. The number of aromatic nitrogens is 2. The molecule has 0 saturated carbocycles. The number of guanidine groups is 1. The zero-order valence-corrected chi connectivity index (χ0v) is 63.8. The molecule has 1 fully saturated rings. The summed E-state index contributed by atoms with van der Waals surface area (Å²) in [5.74, 6) is -15.4. The number of primary amides is 2. The molecule has 3 aromatic carbocycles. The number of aliphatic hydroxyl groups excluding tert-OH is 1. The van der Waals surface area contributed by atoms with Gasteiger partial charge in [0, 0.05) is 65.8 Å². The molecule has 110 heavy (non-hydrogen) atoms. The largest absolute Gasteiger partial charge is 0.394 e. The fourth-order valence-electron chi connectivity index (χ4n) is 12.0. The number of para-hydroxylation sites is 2. The number of hydrogen-bond acceptors (Lipinski definition) is 19. The Kier molecular flexibility index (Phi) is 35.7. The highest BCUT2D eigenvalue weighted by Crippen LogP contribution is 2.23. The predicted molar refractivity (Wildman–Crippen MR) is 416 cm³/mol. The third kappa shape index (κ3) is 27.7. The zero-order valence-electron chi connectivity index (χ0n) is 62.2. The minimum Gasteiger partial charge on any atom is -0.394 e. The van der Waals surface area contributed by atoms with Crippen molar-refractivity contribution in [1.29, 1.82) is 0 Å². The lowest BCUT2D eigenvalue weighted by atomic mass is 9.96. The van der Waals surface area contributed by atoms with Crippen molar-refractivity contribution >= 4 is 134 Å². The van der Waals surface area contributed by atoms with Crippen molar-refractivity contribution in [2.75, 3.05) is 49.8 Å². The topological polar surface area (TPSA) is 578 Å². The molecule has 5 aromatic rings. The lowest BCUT2D eigenvalue weighted by molar-refractivity contribution is -0.136. The first-order valence-electron chi connectivity index (χ1n) is 36.3. The third-order valence-electron chi connectivity index (χ3n) is 18.3. The normalized spacial score (nSPS) is 23.3. The molecule has 12 atom stereocenters. The van der Waals surface area contributed by atoms with Crippen molar-refractivity contribution in [2.45, 2.75) is 165 Å². The van der Waals surface area contributed by atoms with E-state index in [1.54, 1.807) is 125 Å². The van der Waals surface area contributed by atoms with Crippen LogP contribution in [0.3, 0.4) is 0 Å². The van der Waals surface area contributed by atoms with E-state index in [0.29, 0.717) is 44.9 Å². The molecule has 1 aliphatic heterocycles. The number of thioether (sulfide) groups is 2. The van der Waals surface area contributed by atoms with Crippen molar-refractivity contribution in [3.8, 4) is 0 Å². The number of nitrogens with zero attached hydrogens (tertiary/aromatic N) is 1. The Hall–Kier alpha value is -10.8. The van der Waals surface area contributed by atoms with Crippen molar-refractivity contribution in [2.24, 2.45) is 45.5 Å². The van der Waals surface area contributed by atoms with E-state index < -0.39 is 186 Å². The molecule has 6 rings (SSSR count). The van der Waals surface area contributed by atoms with Crippen molar-refractivity contribution in [3.05, 3.63) is 108 Å². The SMILES string of the molecule is CC[C@H](C)[C@@H]1NC(=O)[C@H](Cc2ccccc2)NC(=O)CSC[C@@H](C(N)=O)NC(=O)[C@H](C(C)C)NC(=O)[C@H](Cc2c[nH]c3ccccc23)NC(=O)[C@@H](CCCN=C(N)N)NC(=O)[C@H](CCSC)NC(=O)[C@H](Cc2c[nH]c3ccccc23)NC(=O)[C@H](CC(N)=O)NC(=O)[C@H](CCCCN)NC(=O)CNC(=O)[C@H](CO)NC1=O. The van der Waals surface area contributed by atoms with Gasteiger partial charge in [-0.1, -0.05) is 101 Å². The van der Waals surface area contributed by atoms with Gasteiger partial charge in [0.1, 0.15) is 66.5 Å². The first kappa shape index (κ1) is 88.1. The lowest BCUT2D eigenvalue weighted by Crippen LogP contribution is -2.61. The summed E-state index contributed by atoms with van der Waals surface area (Å²) in [4.78, 5) is 210. The van der Waals surface area contributed by atoms with Gasteiger partial charge in [0.15, 0.2) is 5.96 Å². The quantitative estimate of drug-likeness (QED) is 0.0165. The number of carbonyl (C=O) groups is 14. The van der Waals surface area contributed by atoms with E-state index >= 15 is 14.4 Å². The number of aromatic amines is 2. The second-order valence-electron chi connectivity index (χ2n) is 27.1. The number of rotatable bonds is 24. The van der Waals surface area contributed by atoms with Gasteiger partial charge < -0.3 is 108 Å². The van der Waals surface area contributed by atoms with Crippen LogP contribution in [0, 0.1) is 11.8 Å². The van der Waals surface area contributed by atoms with Crippen LogP contribution in [0.2, 0.25) is 0 Å². The van der Waals surface area contributed by atoms with Crippen LogP contribution >= 0.6 is 23.5 Å². The Morgan fingerprint density at radius 1 is 0.527 bits per heavy atom. The fraction of sp³-hybridized carbons (Fsp3) is 0.493. The number of H-pyrrole nitrogens is 2. The number of aliphatic hydroxyl groups is 1. The molecule has 2 aromatic heterocycles. The molecule has 25 N–H and O–H groups in total. The molecule has 14 amide bonds. The molecule has 0 bridgehead atoms. The van der Waals surface area contributed by atoms with Crippen LogP contribution in [0.25, 0.3) is 21.8 Å². The molecular formula is C73H104N20O15S2. The van der Waals surface area contributed by atoms with E-state index in [1.807, 2.05) is 0 Å². The molecule has 1 aliphatic rings. The van der Waals surface area contributed by atoms with Gasteiger partial charge in [0.05, 0.1) is 25.3 Å². The highest BCUT2D eigenvalue weighted by Gasteiger charge is 2.38. The van der Waals surface area contributed by atoms with Crippen molar-refractivity contribution in [1.82, 2.24) is 73.8 Å². The maximum Gasteiger partial charge on any atom is 0.245 e. The number of carbonyl (C=O) groups excluding carboxylic acids is 14. The number of benzene rings is 3. The van der Waals surface area contributed by atoms with Crippen LogP contribution in [0.1, 0.15) is 95.8 Å². The Morgan fingerprint density at radius 2 is 1.00 bits per heavy atom. The number of nitrogens with one attached hydrogen (secondary N) is 14. The maximum atomic E-state index is 15.1. The summed E-state index contributed by atoms with van der Waals surface area (Å²) in [5.41, 5.74) is 31.7. The smallest absolute Gasteiger partial charge is 0.245 e. The second kappa shape index (κ2) is 44.6. The summed E-state index contributed by atoms with van der Waals surface area (Å²) in [6.07, 6.45) is 4.13. The van der Waals surface area contributed by atoms with Crippen LogP contribution in [0.4, 0.5) is 0 Å². The molecule has 598 valence electrons. The molecule has 3 heterocycles. The van der Waals surface area contributed by atoms with Gasteiger partial charge in [-0.05, 0) is 97.7 Å². The second-order valence-corrected chi connectivity index (χ2v) is 29.1. The molecule has 35 nitrogen and oxygen atoms in total. The van der Waals surface area contributed by atoms with Gasteiger partial charge >= 0.3 is 0 Å².